The molecule has 0 aliphatic rings. The molecule has 0 amide bonds. The summed E-state index contributed by atoms with van der Waals surface area (Å²) < 4.78 is 6.20. The number of benzene rings is 1. The molecule has 0 unspecified atom stereocenters. The van der Waals surface area contributed by atoms with Crippen LogP contribution in [-0.4, -0.2) is 12.9 Å². The van der Waals surface area contributed by atoms with E-state index >= 15 is 0 Å². The van der Waals surface area contributed by atoms with Crippen molar-refractivity contribution in [3.8, 4) is 5.75 Å². The molecule has 0 aromatic heterocycles. The maximum atomic E-state index is 5.20. The van der Waals surface area contributed by atoms with Crippen LogP contribution in [0.15, 0.2) is 22.7 Å². The fourth-order valence-electron chi connectivity index (χ4n) is 1.14. The first-order valence-corrected chi connectivity index (χ1v) is 5.63. The molecule has 0 aliphatic heterocycles. The molecule has 0 radical (unpaired) electrons. The third-order valence-corrected chi connectivity index (χ3v) is 2.81. The molecule has 0 bridgehead atoms. The lowest BCUT2D eigenvalue weighted by molar-refractivity contribution is 0.411. The van der Waals surface area contributed by atoms with Gasteiger partial charge >= 0.3 is 0 Å². The number of halogens is 1. The first kappa shape index (κ1) is 10.9. The molecule has 0 aliphatic carbocycles. The molecule has 1 aromatic carbocycles. The molecule has 0 N–H and O–H groups in total. The molecule has 72 valence electrons. The lowest BCUT2D eigenvalue weighted by Crippen LogP contribution is -1.89. The van der Waals surface area contributed by atoms with Gasteiger partial charge in [-0.05, 0) is 52.2 Å². The summed E-state index contributed by atoms with van der Waals surface area (Å²) in [6.07, 6.45) is 2.17. The summed E-state index contributed by atoms with van der Waals surface area (Å²) in [4.78, 5) is 0. The Kier molecular flexibility index (Phi) is 4.67. The zero-order chi connectivity index (χ0) is 9.68. The van der Waals surface area contributed by atoms with Crippen LogP contribution in [0.25, 0.3) is 0 Å². The second-order valence-electron chi connectivity index (χ2n) is 2.80. The van der Waals surface area contributed by atoms with Gasteiger partial charge in [0.1, 0.15) is 5.75 Å². The molecule has 1 aromatic rings. The highest BCUT2D eigenvalue weighted by atomic mass is 79.9. The number of ether oxygens (including phenoxy) is 1. The predicted octanol–water partition coefficient (Wildman–Crippen LogP) is 3.32. The first-order valence-electron chi connectivity index (χ1n) is 4.21. The van der Waals surface area contributed by atoms with E-state index in [1.165, 1.54) is 5.56 Å². The van der Waals surface area contributed by atoms with Gasteiger partial charge < -0.3 is 4.74 Å². The van der Waals surface area contributed by atoms with Crippen LogP contribution in [0.2, 0.25) is 0 Å². The zero-order valence-electron chi connectivity index (χ0n) is 7.59. The van der Waals surface area contributed by atoms with Gasteiger partial charge in [-0.15, -0.1) is 0 Å². The highest BCUT2D eigenvalue weighted by Gasteiger charge is 2.00. The summed E-state index contributed by atoms with van der Waals surface area (Å²) in [6.45, 7) is 0. The molecule has 0 atom stereocenters. The van der Waals surface area contributed by atoms with Gasteiger partial charge in [0.15, 0.2) is 0 Å². The molecule has 13 heavy (non-hydrogen) atoms. The summed E-state index contributed by atoms with van der Waals surface area (Å²) in [6, 6.07) is 6.19. The summed E-state index contributed by atoms with van der Waals surface area (Å²) in [5.74, 6) is 1.83. The van der Waals surface area contributed by atoms with Crippen LogP contribution in [0.5, 0.6) is 5.75 Å². The largest absolute Gasteiger partial charge is 0.496 e. The predicted molar refractivity (Wildman–Crippen MR) is 62.9 cm³/mol. The number of aryl methyl sites for hydroxylation is 1. The molecule has 3 heteroatoms. The third-order valence-electron chi connectivity index (χ3n) is 1.84. The highest BCUT2D eigenvalue weighted by Crippen LogP contribution is 2.25. The van der Waals surface area contributed by atoms with Crippen molar-refractivity contribution >= 4 is 28.6 Å². The van der Waals surface area contributed by atoms with Crippen molar-refractivity contribution in [3.63, 3.8) is 0 Å². The van der Waals surface area contributed by atoms with E-state index in [1.807, 2.05) is 6.07 Å². The van der Waals surface area contributed by atoms with Crippen molar-refractivity contribution in [3.05, 3.63) is 28.2 Å². The Labute approximate surface area is 93.0 Å². The van der Waals surface area contributed by atoms with Crippen LogP contribution in [0, 0.1) is 0 Å². The van der Waals surface area contributed by atoms with Gasteiger partial charge in [0, 0.05) is 0 Å². The van der Waals surface area contributed by atoms with Gasteiger partial charge in [0.25, 0.3) is 0 Å². The Morgan fingerprint density at radius 1 is 1.46 bits per heavy atom. The molecule has 1 nitrogen and oxygen atoms in total. The molecular weight excluding hydrogens is 248 g/mol. The summed E-state index contributed by atoms with van der Waals surface area (Å²) in [5, 5.41) is 0. The Morgan fingerprint density at radius 3 is 2.85 bits per heavy atom. The lowest BCUT2D eigenvalue weighted by Gasteiger charge is -2.05. The van der Waals surface area contributed by atoms with Crippen molar-refractivity contribution < 1.29 is 4.74 Å². The Balaban J connectivity index is 2.74. The van der Waals surface area contributed by atoms with E-state index in [-0.39, 0.29) is 0 Å². The van der Waals surface area contributed by atoms with Crippen LogP contribution >= 0.6 is 28.6 Å². The van der Waals surface area contributed by atoms with E-state index in [0.717, 1.165) is 28.8 Å². The smallest absolute Gasteiger partial charge is 0.133 e. The molecule has 1 rings (SSSR count). The quantitative estimate of drug-likeness (QED) is 0.818. The topological polar surface area (TPSA) is 9.23 Å². The Hall–Kier alpha value is -0.150. The minimum Gasteiger partial charge on any atom is -0.496 e. The summed E-state index contributed by atoms with van der Waals surface area (Å²) >= 11 is 7.60. The van der Waals surface area contributed by atoms with Crippen LogP contribution < -0.4 is 4.74 Å². The van der Waals surface area contributed by atoms with Crippen LogP contribution in [0.3, 0.4) is 0 Å². The number of thiol groups is 1. The average Bonchev–Trinajstić information content (AvgIpc) is 2.16. The minimum absolute atomic E-state index is 0.900. The van der Waals surface area contributed by atoms with Gasteiger partial charge in [-0.2, -0.15) is 12.6 Å². The van der Waals surface area contributed by atoms with E-state index < -0.39 is 0 Å². The normalized spacial score (nSPS) is 10.1. The monoisotopic (exact) mass is 260 g/mol. The highest BCUT2D eigenvalue weighted by molar-refractivity contribution is 9.10. The summed E-state index contributed by atoms with van der Waals surface area (Å²) in [5.41, 5.74) is 1.30. The van der Waals surface area contributed by atoms with E-state index in [1.54, 1.807) is 7.11 Å². The van der Waals surface area contributed by atoms with Crippen molar-refractivity contribution in [1.29, 1.82) is 0 Å². The van der Waals surface area contributed by atoms with Gasteiger partial charge in [-0.25, -0.2) is 0 Å². The maximum Gasteiger partial charge on any atom is 0.133 e. The molecule has 0 fully saturated rings. The second-order valence-corrected chi connectivity index (χ2v) is 4.10. The number of hydrogen-bond donors (Lipinski definition) is 1. The van der Waals surface area contributed by atoms with Crippen LogP contribution in [0.1, 0.15) is 12.0 Å². The molecular formula is C10H13BrOS. The maximum absolute atomic E-state index is 5.20. The van der Waals surface area contributed by atoms with Gasteiger partial charge in [0.2, 0.25) is 0 Å². The Bertz CT molecular complexity index is 276. The molecule has 0 saturated carbocycles. The number of rotatable bonds is 4. The number of methoxy groups -OCH3 is 1. The van der Waals surface area contributed by atoms with Crippen molar-refractivity contribution in [2.75, 3.05) is 12.9 Å². The van der Waals surface area contributed by atoms with Gasteiger partial charge in [0.05, 0.1) is 11.6 Å². The summed E-state index contributed by atoms with van der Waals surface area (Å²) in [7, 11) is 1.68. The van der Waals surface area contributed by atoms with E-state index in [0.29, 0.717) is 0 Å². The SMILES string of the molecule is COc1cc(CCCS)ccc1Br. The average molecular weight is 261 g/mol. The fraction of sp³-hybridized carbons (Fsp3) is 0.400. The molecule has 0 saturated heterocycles. The first-order chi connectivity index (χ1) is 6.27. The standard InChI is InChI=1S/C10H13BrOS/c1-12-10-7-8(3-2-6-13)4-5-9(10)11/h4-5,7,13H,2-3,6H2,1H3. The van der Waals surface area contributed by atoms with Gasteiger partial charge in [-0.1, -0.05) is 6.07 Å². The molecule has 0 spiro atoms. The van der Waals surface area contributed by atoms with Crippen LogP contribution in [0.4, 0.5) is 0 Å². The van der Waals surface area contributed by atoms with E-state index in [2.05, 4.69) is 40.7 Å². The molecule has 0 heterocycles. The van der Waals surface area contributed by atoms with Crippen molar-refractivity contribution in [2.45, 2.75) is 12.8 Å². The zero-order valence-corrected chi connectivity index (χ0v) is 10.1. The van der Waals surface area contributed by atoms with E-state index in [9.17, 15) is 0 Å². The van der Waals surface area contributed by atoms with Crippen molar-refractivity contribution in [2.24, 2.45) is 0 Å². The van der Waals surface area contributed by atoms with E-state index in [4.69, 9.17) is 4.74 Å². The minimum atomic E-state index is 0.900. The van der Waals surface area contributed by atoms with Crippen LogP contribution in [-0.2, 0) is 6.42 Å². The fourth-order valence-corrected chi connectivity index (χ4v) is 1.71. The third kappa shape index (κ3) is 3.24. The van der Waals surface area contributed by atoms with Crippen molar-refractivity contribution in [1.82, 2.24) is 0 Å². The Morgan fingerprint density at radius 2 is 2.23 bits per heavy atom. The van der Waals surface area contributed by atoms with Gasteiger partial charge in [-0.3, -0.25) is 0 Å². The lowest BCUT2D eigenvalue weighted by atomic mass is 10.1. The second kappa shape index (κ2) is 5.55. The number of hydrogen-bond acceptors (Lipinski definition) is 2.